The maximum Gasteiger partial charge on any atom is 0.321 e. The second-order valence-corrected chi connectivity index (χ2v) is 4.54. The van der Waals surface area contributed by atoms with E-state index in [-0.39, 0.29) is 34.2 Å². The van der Waals surface area contributed by atoms with Gasteiger partial charge in [0.25, 0.3) is 0 Å². The Morgan fingerprint density at radius 2 is 2.55 bits per heavy atom. The fraction of sp³-hybridized carbons (Fsp3) is 0.500. The monoisotopic (exact) mass is 268 g/mol. The Hall–Kier alpha value is -0.300. The number of aliphatic imine (C=N–C) groups is 1. The summed E-state index contributed by atoms with van der Waals surface area (Å²) >= 11 is -0.257. The summed E-state index contributed by atoms with van der Waals surface area (Å²) in [6.07, 6.45) is 1.77. The molecule has 11 heavy (non-hydrogen) atoms. The van der Waals surface area contributed by atoms with E-state index in [4.69, 9.17) is 9.84 Å². The van der Waals surface area contributed by atoms with Gasteiger partial charge in [-0.25, -0.2) is 4.99 Å². The van der Waals surface area contributed by atoms with Gasteiger partial charge in [-0.15, -0.1) is 0 Å². The molecule has 1 aliphatic rings. The summed E-state index contributed by atoms with van der Waals surface area (Å²) in [7, 11) is 0. The molecular weight excluding hydrogens is 259 g/mol. The normalized spacial score (nSPS) is 16.5. The second-order valence-electron chi connectivity index (χ2n) is 1.87. The van der Waals surface area contributed by atoms with Crippen LogP contribution in [0.5, 0.6) is 0 Å². The smallest absolute Gasteiger partial charge is 0.321 e. The lowest BCUT2D eigenvalue weighted by molar-refractivity contribution is 0.192. The first-order chi connectivity index (χ1) is 5.33. The standard InChI is InChI=1S/C6H9IN2O2/c1-5-4-8-6(9-7-5)11-3-2-10/h4,10H,2-3H2,1H3. The Kier molecular flexibility index (Phi) is 3.64. The number of amidine groups is 1. The molecule has 1 heterocycles. The van der Waals surface area contributed by atoms with Crippen molar-refractivity contribution in [2.45, 2.75) is 6.92 Å². The van der Waals surface area contributed by atoms with Crippen molar-refractivity contribution < 1.29 is 9.84 Å². The summed E-state index contributed by atoms with van der Waals surface area (Å²) in [5, 5.41) is 8.42. The molecule has 0 radical (unpaired) electrons. The summed E-state index contributed by atoms with van der Waals surface area (Å²) < 4.78 is 10.3. The Morgan fingerprint density at radius 3 is 3.09 bits per heavy atom. The van der Waals surface area contributed by atoms with Gasteiger partial charge in [0.1, 0.15) is 6.61 Å². The molecule has 0 aromatic rings. The lowest BCUT2D eigenvalue weighted by atomic mass is 10.7. The number of hydrogen-bond acceptors (Lipinski definition) is 4. The third kappa shape index (κ3) is 3.06. The van der Waals surface area contributed by atoms with Gasteiger partial charge < -0.3 is 9.84 Å². The fourth-order valence-electron chi connectivity index (χ4n) is 0.489. The Balaban J connectivity index is 2.44. The molecule has 5 heteroatoms. The fourth-order valence-corrected chi connectivity index (χ4v) is 1.60. The van der Waals surface area contributed by atoms with Gasteiger partial charge in [0, 0.05) is 30.8 Å². The average molecular weight is 268 g/mol. The van der Waals surface area contributed by atoms with Gasteiger partial charge in [-0.05, 0) is 6.92 Å². The molecular formula is C6H9IN2O2. The maximum atomic E-state index is 8.42. The average Bonchev–Trinajstić information content (AvgIpc) is 2.04. The van der Waals surface area contributed by atoms with E-state index in [0.29, 0.717) is 6.02 Å². The van der Waals surface area contributed by atoms with Gasteiger partial charge >= 0.3 is 6.02 Å². The van der Waals surface area contributed by atoms with Crippen molar-refractivity contribution in [1.82, 2.24) is 0 Å². The maximum absolute atomic E-state index is 8.42. The molecule has 1 rings (SSSR count). The topological polar surface area (TPSA) is 54.2 Å². The van der Waals surface area contributed by atoms with Crippen LogP contribution in [-0.2, 0) is 4.74 Å². The van der Waals surface area contributed by atoms with Crippen LogP contribution in [-0.4, -0.2) is 24.3 Å². The number of ether oxygens (including phenoxy) is 1. The summed E-state index contributed by atoms with van der Waals surface area (Å²) in [4.78, 5) is 3.93. The van der Waals surface area contributed by atoms with E-state index in [1.807, 2.05) is 6.92 Å². The summed E-state index contributed by atoms with van der Waals surface area (Å²) in [6.45, 7) is 2.29. The summed E-state index contributed by atoms with van der Waals surface area (Å²) in [5.41, 5.74) is 0. The van der Waals surface area contributed by atoms with Gasteiger partial charge in [0.05, 0.1) is 6.61 Å². The molecule has 4 nitrogen and oxygen atoms in total. The van der Waals surface area contributed by atoms with Crippen molar-refractivity contribution in [3.63, 3.8) is 0 Å². The number of aliphatic hydroxyl groups is 1. The largest absolute Gasteiger partial charge is 0.461 e. The van der Waals surface area contributed by atoms with Gasteiger partial charge in [-0.2, -0.15) is 3.15 Å². The van der Waals surface area contributed by atoms with Crippen LogP contribution in [0.15, 0.2) is 17.9 Å². The third-order valence-electron chi connectivity index (χ3n) is 0.923. The molecule has 0 aromatic heterocycles. The number of nitrogens with zero attached hydrogens (tertiary/aromatic N) is 2. The summed E-state index contributed by atoms with van der Waals surface area (Å²) in [6, 6.07) is 0.414. The number of rotatable bonds is 2. The van der Waals surface area contributed by atoms with Crippen LogP contribution in [0.25, 0.3) is 0 Å². The zero-order valence-corrected chi connectivity index (χ0v) is 8.28. The van der Waals surface area contributed by atoms with E-state index in [0.717, 1.165) is 0 Å². The molecule has 0 amide bonds. The van der Waals surface area contributed by atoms with E-state index < -0.39 is 0 Å². The first-order valence-electron chi connectivity index (χ1n) is 3.16. The molecule has 62 valence electrons. The van der Waals surface area contributed by atoms with Gasteiger partial charge in [-0.1, -0.05) is 0 Å². The predicted octanol–water partition coefficient (Wildman–Crippen LogP) is 1.38. The molecule has 1 N–H and O–H groups in total. The number of allylic oxidation sites excluding steroid dienone is 1. The highest BCUT2D eigenvalue weighted by atomic mass is 127. The minimum absolute atomic E-state index is 0.00948. The van der Waals surface area contributed by atoms with Crippen LogP contribution >= 0.6 is 21.0 Å². The van der Waals surface area contributed by atoms with Crippen molar-refractivity contribution in [2.24, 2.45) is 8.14 Å². The van der Waals surface area contributed by atoms with E-state index in [9.17, 15) is 0 Å². The van der Waals surface area contributed by atoms with Crippen molar-refractivity contribution in [1.29, 1.82) is 0 Å². The van der Waals surface area contributed by atoms with Crippen LogP contribution < -0.4 is 0 Å². The number of halogens is 1. The lowest BCUT2D eigenvalue weighted by Crippen LogP contribution is -2.05. The van der Waals surface area contributed by atoms with E-state index in [1.165, 1.54) is 3.58 Å². The van der Waals surface area contributed by atoms with Crippen molar-refractivity contribution >= 4 is 27.1 Å². The Labute approximate surface area is 75.1 Å². The lowest BCUT2D eigenvalue weighted by Gasteiger charge is -2.03. The van der Waals surface area contributed by atoms with Gasteiger partial charge in [-0.3, -0.25) is 0 Å². The van der Waals surface area contributed by atoms with Crippen LogP contribution in [0.4, 0.5) is 0 Å². The van der Waals surface area contributed by atoms with Crippen LogP contribution in [0.2, 0.25) is 0 Å². The molecule has 0 aromatic carbocycles. The second kappa shape index (κ2) is 4.55. The molecule has 0 saturated heterocycles. The van der Waals surface area contributed by atoms with Crippen molar-refractivity contribution in [3.05, 3.63) is 9.78 Å². The van der Waals surface area contributed by atoms with E-state index >= 15 is 0 Å². The molecule has 1 aliphatic heterocycles. The number of aliphatic hydroxyl groups excluding tert-OH is 1. The highest BCUT2D eigenvalue weighted by Crippen LogP contribution is 2.19. The SMILES string of the molecule is CC1=CN=C(OCCO)N=I1. The minimum atomic E-state index is -0.257. The van der Waals surface area contributed by atoms with Crippen molar-refractivity contribution in [2.75, 3.05) is 13.2 Å². The molecule has 0 atom stereocenters. The molecule has 0 aliphatic carbocycles. The molecule has 0 fully saturated rings. The molecule has 0 bridgehead atoms. The number of hydrogen-bond donors (Lipinski definition) is 1. The molecule has 0 saturated carbocycles. The molecule has 0 unspecified atom stereocenters. The predicted molar refractivity (Wildman–Crippen MR) is 50.7 cm³/mol. The first-order valence-corrected chi connectivity index (χ1v) is 5.20. The highest BCUT2D eigenvalue weighted by Gasteiger charge is 1.99. The first kappa shape index (κ1) is 8.79. The van der Waals surface area contributed by atoms with Gasteiger partial charge in [0.2, 0.25) is 0 Å². The quantitative estimate of drug-likeness (QED) is 0.769. The van der Waals surface area contributed by atoms with Crippen molar-refractivity contribution in [3.8, 4) is 0 Å². The highest BCUT2D eigenvalue weighted by molar-refractivity contribution is 14.2. The zero-order chi connectivity index (χ0) is 8.10. The van der Waals surface area contributed by atoms with Crippen LogP contribution in [0, 0.1) is 0 Å². The minimum Gasteiger partial charge on any atom is -0.461 e. The van der Waals surface area contributed by atoms with Crippen LogP contribution in [0.1, 0.15) is 6.92 Å². The molecule has 0 spiro atoms. The van der Waals surface area contributed by atoms with Gasteiger partial charge in [0.15, 0.2) is 0 Å². The Bertz CT molecular complexity index is 223. The zero-order valence-electron chi connectivity index (χ0n) is 6.12. The van der Waals surface area contributed by atoms with E-state index in [2.05, 4.69) is 8.14 Å². The third-order valence-corrected chi connectivity index (χ3v) is 2.62. The summed E-state index contributed by atoms with van der Waals surface area (Å²) in [5.74, 6) is 0. The van der Waals surface area contributed by atoms with Crippen LogP contribution in [0.3, 0.4) is 0 Å². The van der Waals surface area contributed by atoms with E-state index in [1.54, 1.807) is 6.20 Å². The Morgan fingerprint density at radius 1 is 1.73 bits per heavy atom.